The highest BCUT2D eigenvalue weighted by Gasteiger charge is 2.25. The quantitative estimate of drug-likeness (QED) is 0.905. The zero-order valence-electron chi connectivity index (χ0n) is 12.7. The predicted molar refractivity (Wildman–Crippen MR) is 80.3 cm³/mol. The number of carbonyl (C=O) groups is 1. The Labute approximate surface area is 123 Å². The van der Waals surface area contributed by atoms with Crippen molar-refractivity contribution < 1.29 is 9.90 Å². The monoisotopic (exact) mass is 288 g/mol. The van der Waals surface area contributed by atoms with E-state index in [1.807, 2.05) is 45.0 Å². The van der Waals surface area contributed by atoms with E-state index >= 15 is 0 Å². The predicted octanol–water partition coefficient (Wildman–Crippen LogP) is 2.02. The van der Waals surface area contributed by atoms with E-state index in [9.17, 15) is 9.90 Å². The van der Waals surface area contributed by atoms with Gasteiger partial charge in [0.25, 0.3) is 0 Å². The first-order chi connectivity index (χ1) is 9.82. The number of nitrogens with zero attached hydrogens (tertiary/aromatic N) is 3. The maximum atomic E-state index is 11.2. The minimum atomic E-state index is -0.217. The van der Waals surface area contributed by atoms with Gasteiger partial charge in [0.05, 0.1) is 18.0 Å². The molecule has 0 fully saturated rings. The van der Waals surface area contributed by atoms with E-state index in [0.29, 0.717) is 11.4 Å². The van der Waals surface area contributed by atoms with Gasteiger partial charge in [-0.1, -0.05) is 32.1 Å². The molecule has 0 aliphatic carbocycles. The second-order valence-corrected chi connectivity index (χ2v) is 5.94. The third kappa shape index (κ3) is 3.28. The maximum absolute atomic E-state index is 11.2. The number of hydrogen-bond donors (Lipinski definition) is 2. The molecule has 112 valence electrons. The molecule has 2 N–H and O–H groups in total. The van der Waals surface area contributed by atoms with Crippen LogP contribution in [0.25, 0.3) is 5.69 Å². The maximum Gasteiger partial charge on any atom is 0.221 e. The van der Waals surface area contributed by atoms with Gasteiger partial charge >= 0.3 is 0 Å². The van der Waals surface area contributed by atoms with Gasteiger partial charge in [0.15, 0.2) is 0 Å². The smallest absolute Gasteiger partial charge is 0.221 e. The van der Waals surface area contributed by atoms with Crippen molar-refractivity contribution in [2.75, 3.05) is 5.32 Å². The summed E-state index contributed by atoms with van der Waals surface area (Å²) in [4.78, 5) is 11.2. The molecule has 1 amide bonds. The number of carbonyl (C=O) groups excluding carboxylic acids is 1. The number of rotatable bonds is 3. The van der Waals surface area contributed by atoms with Gasteiger partial charge in [-0.2, -0.15) is 0 Å². The third-order valence-electron chi connectivity index (χ3n) is 3.01. The Bertz CT molecular complexity index is 656. The SMILES string of the molecule is CC(=O)Nc1cccc(-n2nnc(CO)c2C(C)(C)C)c1. The van der Waals surface area contributed by atoms with Crippen molar-refractivity contribution in [1.82, 2.24) is 15.0 Å². The molecule has 2 rings (SSSR count). The summed E-state index contributed by atoms with van der Waals surface area (Å²) in [5, 5.41) is 20.4. The molecule has 21 heavy (non-hydrogen) atoms. The van der Waals surface area contributed by atoms with E-state index in [0.717, 1.165) is 11.4 Å². The molecule has 0 aliphatic rings. The van der Waals surface area contributed by atoms with Crippen LogP contribution in [-0.4, -0.2) is 26.0 Å². The Morgan fingerprint density at radius 3 is 2.67 bits per heavy atom. The molecular weight excluding hydrogens is 268 g/mol. The average molecular weight is 288 g/mol. The number of anilines is 1. The number of hydrogen-bond acceptors (Lipinski definition) is 4. The van der Waals surface area contributed by atoms with Crippen LogP contribution in [0.15, 0.2) is 24.3 Å². The zero-order chi connectivity index (χ0) is 15.6. The van der Waals surface area contributed by atoms with Crippen LogP contribution in [0.2, 0.25) is 0 Å². The molecule has 0 saturated heterocycles. The fourth-order valence-corrected chi connectivity index (χ4v) is 2.27. The average Bonchev–Trinajstić information content (AvgIpc) is 2.82. The third-order valence-corrected chi connectivity index (χ3v) is 3.01. The highest BCUT2D eigenvalue weighted by Crippen LogP contribution is 2.27. The summed E-state index contributed by atoms with van der Waals surface area (Å²) < 4.78 is 1.71. The number of amides is 1. The molecule has 1 aromatic carbocycles. The summed E-state index contributed by atoms with van der Waals surface area (Å²) in [6, 6.07) is 7.36. The lowest BCUT2D eigenvalue weighted by molar-refractivity contribution is -0.114. The van der Waals surface area contributed by atoms with Crippen LogP contribution in [-0.2, 0) is 16.8 Å². The van der Waals surface area contributed by atoms with Gasteiger partial charge in [-0.15, -0.1) is 5.10 Å². The van der Waals surface area contributed by atoms with Gasteiger partial charge in [0.2, 0.25) is 5.91 Å². The van der Waals surface area contributed by atoms with Crippen molar-refractivity contribution in [3.05, 3.63) is 35.7 Å². The largest absolute Gasteiger partial charge is 0.390 e. The van der Waals surface area contributed by atoms with Crippen molar-refractivity contribution in [3.63, 3.8) is 0 Å². The molecule has 1 aromatic heterocycles. The molecule has 0 bridgehead atoms. The van der Waals surface area contributed by atoms with E-state index < -0.39 is 0 Å². The first kappa shape index (κ1) is 15.2. The molecule has 1 heterocycles. The topological polar surface area (TPSA) is 80.0 Å². The molecule has 6 heteroatoms. The van der Waals surface area contributed by atoms with Crippen molar-refractivity contribution in [2.24, 2.45) is 0 Å². The molecule has 0 spiro atoms. The Kier molecular flexibility index (Phi) is 4.09. The number of aliphatic hydroxyl groups is 1. The second kappa shape index (κ2) is 5.65. The molecule has 0 atom stereocenters. The van der Waals surface area contributed by atoms with Crippen molar-refractivity contribution in [1.29, 1.82) is 0 Å². The van der Waals surface area contributed by atoms with Crippen molar-refractivity contribution >= 4 is 11.6 Å². The van der Waals surface area contributed by atoms with Crippen LogP contribution in [0.5, 0.6) is 0 Å². The molecule has 0 unspecified atom stereocenters. The Morgan fingerprint density at radius 1 is 1.38 bits per heavy atom. The Hall–Kier alpha value is -2.21. The van der Waals surface area contributed by atoms with Crippen molar-refractivity contribution in [3.8, 4) is 5.69 Å². The summed E-state index contributed by atoms with van der Waals surface area (Å²) in [6.45, 7) is 7.43. The van der Waals surface area contributed by atoms with Gasteiger partial charge in [0, 0.05) is 18.0 Å². The van der Waals surface area contributed by atoms with Gasteiger partial charge < -0.3 is 10.4 Å². The number of aromatic nitrogens is 3. The van der Waals surface area contributed by atoms with Crippen LogP contribution < -0.4 is 5.32 Å². The van der Waals surface area contributed by atoms with E-state index in [4.69, 9.17) is 0 Å². The van der Waals surface area contributed by atoms with Crippen LogP contribution in [0.4, 0.5) is 5.69 Å². The standard InChI is InChI=1S/C15H20N4O2/c1-10(21)16-11-6-5-7-12(8-11)19-14(15(2,3)4)13(9-20)17-18-19/h5-8,20H,9H2,1-4H3,(H,16,21). The number of benzene rings is 1. The molecule has 2 aromatic rings. The summed E-state index contributed by atoms with van der Waals surface area (Å²) in [5.74, 6) is -0.127. The van der Waals surface area contributed by atoms with Crippen molar-refractivity contribution in [2.45, 2.75) is 39.7 Å². The summed E-state index contributed by atoms with van der Waals surface area (Å²) in [5.41, 5.74) is 2.68. The van der Waals surface area contributed by atoms with Crippen LogP contribution in [0, 0.1) is 0 Å². The zero-order valence-corrected chi connectivity index (χ0v) is 12.7. The summed E-state index contributed by atoms with van der Waals surface area (Å²) in [6.07, 6.45) is 0. The lowest BCUT2D eigenvalue weighted by Gasteiger charge is -2.21. The van der Waals surface area contributed by atoms with Crippen LogP contribution in [0.3, 0.4) is 0 Å². The van der Waals surface area contributed by atoms with Gasteiger partial charge in [-0.25, -0.2) is 4.68 Å². The second-order valence-electron chi connectivity index (χ2n) is 5.94. The highest BCUT2D eigenvalue weighted by atomic mass is 16.3. The Balaban J connectivity index is 2.52. The van der Waals surface area contributed by atoms with E-state index in [-0.39, 0.29) is 17.9 Å². The minimum absolute atomic E-state index is 0.127. The molecule has 6 nitrogen and oxygen atoms in total. The lowest BCUT2D eigenvalue weighted by Crippen LogP contribution is -2.19. The van der Waals surface area contributed by atoms with E-state index in [1.165, 1.54) is 6.92 Å². The van der Waals surface area contributed by atoms with Gasteiger partial charge in [0.1, 0.15) is 5.69 Å². The lowest BCUT2D eigenvalue weighted by atomic mass is 9.90. The van der Waals surface area contributed by atoms with Crippen LogP contribution >= 0.6 is 0 Å². The normalized spacial score (nSPS) is 11.5. The number of nitrogens with one attached hydrogen (secondary N) is 1. The van der Waals surface area contributed by atoms with Crippen LogP contribution in [0.1, 0.15) is 39.1 Å². The summed E-state index contributed by atoms with van der Waals surface area (Å²) >= 11 is 0. The first-order valence-corrected chi connectivity index (χ1v) is 6.77. The molecule has 0 aliphatic heterocycles. The Morgan fingerprint density at radius 2 is 2.10 bits per heavy atom. The van der Waals surface area contributed by atoms with E-state index in [2.05, 4.69) is 15.6 Å². The van der Waals surface area contributed by atoms with Gasteiger partial charge in [-0.05, 0) is 18.2 Å². The summed E-state index contributed by atoms with van der Waals surface area (Å²) in [7, 11) is 0. The molecular formula is C15H20N4O2. The number of aliphatic hydroxyl groups excluding tert-OH is 1. The molecule has 0 radical (unpaired) electrons. The minimum Gasteiger partial charge on any atom is -0.390 e. The van der Waals surface area contributed by atoms with Gasteiger partial charge in [-0.3, -0.25) is 4.79 Å². The fourth-order valence-electron chi connectivity index (χ4n) is 2.27. The highest BCUT2D eigenvalue weighted by molar-refractivity contribution is 5.88. The first-order valence-electron chi connectivity index (χ1n) is 6.77. The van der Waals surface area contributed by atoms with E-state index in [1.54, 1.807) is 4.68 Å². The fraction of sp³-hybridized carbons (Fsp3) is 0.400. The molecule has 0 saturated carbocycles.